The van der Waals surface area contributed by atoms with Crippen molar-refractivity contribution in [2.75, 3.05) is 6.54 Å². The Morgan fingerprint density at radius 2 is 1.90 bits per heavy atom. The fourth-order valence-electron chi connectivity index (χ4n) is 2.33. The van der Waals surface area contributed by atoms with Gasteiger partial charge in [-0.2, -0.15) is 0 Å². The van der Waals surface area contributed by atoms with Gasteiger partial charge in [-0.1, -0.05) is 30.7 Å². The zero-order chi connectivity index (χ0) is 14.7. The molecule has 0 bridgehead atoms. The van der Waals surface area contributed by atoms with Gasteiger partial charge in [-0.25, -0.2) is 4.39 Å². The number of aryl methyl sites for hydroxylation is 2. The first-order chi connectivity index (χ1) is 9.52. The predicted octanol–water partition coefficient (Wildman–Crippen LogP) is 4.19. The highest BCUT2D eigenvalue weighted by Crippen LogP contribution is 2.28. The first kappa shape index (κ1) is 14.9. The molecule has 2 rings (SSSR count). The second kappa shape index (κ2) is 6.33. The molecule has 0 aliphatic carbocycles. The number of halogens is 2. The van der Waals surface area contributed by atoms with E-state index in [-0.39, 0.29) is 11.9 Å². The lowest BCUT2D eigenvalue weighted by atomic mass is 9.96. The van der Waals surface area contributed by atoms with E-state index in [9.17, 15) is 4.39 Å². The molecular formula is C16H18ClFN2. The smallest absolute Gasteiger partial charge is 0.129 e. The molecule has 2 nitrogen and oxygen atoms in total. The van der Waals surface area contributed by atoms with Crippen molar-refractivity contribution < 1.29 is 4.39 Å². The maximum atomic E-state index is 14.2. The molecule has 1 atom stereocenters. The topological polar surface area (TPSA) is 24.9 Å². The van der Waals surface area contributed by atoms with Crippen LogP contribution in [0.25, 0.3) is 0 Å². The summed E-state index contributed by atoms with van der Waals surface area (Å²) in [7, 11) is 0. The van der Waals surface area contributed by atoms with Gasteiger partial charge >= 0.3 is 0 Å². The van der Waals surface area contributed by atoms with E-state index < -0.39 is 0 Å². The minimum absolute atomic E-state index is 0.217. The average molecular weight is 293 g/mol. The maximum Gasteiger partial charge on any atom is 0.129 e. The standard InChI is InChI=1S/C16H18ClFN2/c1-4-19-16(13-7-5-10(2)20-11(13)3)14-8-6-12(17)9-15(14)18/h5-9,16,19H,4H2,1-3H3. The Labute approximate surface area is 124 Å². The number of hydrogen-bond acceptors (Lipinski definition) is 2. The van der Waals surface area contributed by atoms with Crippen LogP contribution >= 0.6 is 11.6 Å². The Hall–Kier alpha value is -1.45. The lowest BCUT2D eigenvalue weighted by molar-refractivity contribution is 0.556. The molecule has 106 valence electrons. The molecule has 1 aromatic heterocycles. The van der Waals surface area contributed by atoms with Crippen molar-refractivity contribution in [2.45, 2.75) is 26.8 Å². The molecule has 1 heterocycles. The van der Waals surface area contributed by atoms with Crippen LogP contribution in [0.5, 0.6) is 0 Å². The molecular weight excluding hydrogens is 275 g/mol. The molecule has 0 aliphatic rings. The molecule has 20 heavy (non-hydrogen) atoms. The number of rotatable bonds is 4. The summed E-state index contributed by atoms with van der Waals surface area (Å²) in [6.07, 6.45) is 0. The number of pyridine rings is 1. The zero-order valence-corrected chi connectivity index (χ0v) is 12.6. The van der Waals surface area contributed by atoms with Gasteiger partial charge in [-0.3, -0.25) is 4.98 Å². The second-order valence-corrected chi connectivity index (χ2v) is 5.22. The Bertz CT molecular complexity index is 562. The van der Waals surface area contributed by atoms with Crippen LogP contribution in [-0.2, 0) is 0 Å². The lowest BCUT2D eigenvalue weighted by Crippen LogP contribution is -2.24. The molecule has 1 unspecified atom stereocenters. The Morgan fingerprint density at radius 1 is 1.20 bits per heavy atom. The van der Waals surface area contributed by atoms with E-state index in [1.54, 1.807) is 12.1 Å². The van der Waals surface area contributed by atoms with Crippen LogP contribution in [0.1, 0.15) is 35.5 Å². The largest absolute Gasteiger partial charge is 0.306 e. The minimum atomic E-state index is -0.302. The summed E-state index contributed by atoms with van der Waals surface area (Å²) in [5, 5.41) is 3.72. The molecule has 2 aromatic rings. The third-order valence-corrected chi connectivity index (χ3v) is 3.49. The van der Waals surface area contributed by atoms with Gasteiger partial charge in [0, 0.05) is 22.0 Å². The van der Waals surface area contributed by atoms with Gasteiger partial charge in [-0.05, 0) is 44.2 Å². The van der Waals surface area contributed by atoms with Crippen molar-refractivity contribution in [3.8, 4) is 0 Å². The monoisotopic (exact) mass is 292 g/mol. The highest BCUT2D eigenvalue weighted by atomic mass is 35.5. The molecule has 0 spiro atoms. The average Bonchev–Trinajstić information content (AvgIpc) is 2.37. The summed E-state index contributed by atoms with van der Waals surface area (Å²) in [6.45, 7) is 6.63. The summed E-state index contributed by atoms with van der Waals surface area (Å²) in [5.41, 5.74) is 3.44. The fourth-order valence-corrected chi connectivity index (χ4v) is 2.49. The van der Waals surface area contributed by atoms with E-state index in [4.69, 9.17) is 11.6 Å². The normalized spacial score (nSPS) is 12.4. The minimum Gasteiger partial charge on any atom is -0.306 e. The Balaban J connectivity index is 2.50. The molecule has 1 aromatic carbocycles. The van der Waals surface area contributed by atoms with Gasteiger partial charge in [0.05, 0.1) is 6.04 Å². The van der Waals surface area contributed by atoms with Crippen molar-refractivity contribution in [2.24, 2.45) is 0 Å². The SMILES string of the molecule is CCNC(c1ccc(Cl)cc1F)c1ccc(C)nc1C. The van der Waals surface area contributed by atoms with E-state index in [1.165, 1.54) is 6.07 Å². The number of benzene rings is 1. The van der Waals surface area contributed by atoms with Gasteiger partial charge in [0.2, 0.25) is 0 Å². The summed E-state index contributed by atoms with van der Waals surface area (Å²) < 4.78 is 14.2. The van der Waals surface area contributed by atoms with E-state index in [2.05, 4.69) is 10.3 Å². The van der Waals surface area contributed by atoms with Crippen molar-refractivity contribution in [1.29, 1.82) is 0 Å². The summed E-state index contributed by atoms with van der Waals surface area (Å²) in [5.74, 6) is -0.302. The summed E-state index contributed by atoms with van der Waals surface area (Å²) >= 11 is 5.82. The van der Waals surface area contributed by atoms with Crippen LogP contribution in [0.2, 0.25) is 5.02 Å². The Kier molecular flexibility index (Phi) is 4.73. The predicted molar refractivity (Wildman–Crippen MR) is 80.6 cm³/mol. The van der Waals surface area contributed by atoms with E-state index in [1.807, 2.05) is 32.9 Å². The number of aromatic nitrogens is 1. The van der Waals surface area contributed by atoms with Gasteiger partial charge in [0.1, 0.15) is 5.82 Å². The third kappa shape index (κ3) is 3.17. The van der Waals surface area contributed by atoms with Crippen molar-refractivity contribution in [3.63, 3.8) is 0 Å². The maximum absolute atomic E-state index is 14.2. The first-order valence-electron chi connectivity index (χ1n) is 6.65. The van der Waals surface area contributed by atoms with E-state index in [0.717, 1.165) is 23.5 Å². The van der Waals surface area contributed by atoms with E-state index in [0.29, 0.717) is 10.6 Å². The van der Waals surface area contributed by atoms with Gasteiger partial charge in [-0.15, -0.1) is 0 Å². The van der Waals surface area contributed by atoms with Crippen LogP contribution < -0.4 is 5.32 Å². The zero-order valence-electron chi connectivity index (χ0n) is 11.9. The molecule has 0 amide bonds. The van der Waals surface area contributed by atoms with E-state index >= 15 is 0 Å². The summed E-state index contributed by atoms with van der Waals surface area (Å²) in [4.78, 5) is 4.46. The van der Waals surface area contributed by atoms with Gasteiger partial charge in [0.25, 0.3) is 0 Å². The molecule has 0 aliphatic heterocycles. The van der Waals surface area contributed by atoms with Crippen LogP contribution in [0.15, 0.2) is 30.3 Å². The third-order valence-electron chi connectivity index (χ3n) is 3.26. The molecule has 4 heteroatoms. The fraction of sp³-hybridized carbons (Fsp3) is 0.312. The molecule has 0 radical (unpaired) electrons. The number of nitrogens with one attached hydrogen (secondary N) is 1. The van der Waals surface area contributed by atoms with Crippen LogP contribution in [0.3, 0.4) is 0 Å². The van der Waals surface area contributed by atoms with Crippen molar-refractivity contribution in [1.82, 2.24) is 10.3 Å². The quantitative estimate of drug-likeness (QED) is 0.914. The summed E-state index contributed by atoms with van der Waals surface area (Å²) in [6, 6.07) is 8.51. The van der Waals surface area contributed by atoms with Crippen LogP contribution in [0.4, 0.5) is 4.39 Å². The lowest BCUT2D eigenvalue weighted by Gasteiger charge is -2.21. The highest BCUT2D eigenvalue weighted by Gasteiger charge is 2.19. The molecule has 1 N–H and O–H groups in total. The van der Waals surface area contributed by atoms with Crippen LogP contribution in [0, 0.1) is 19.7 Å². The van der Waals surface area contributed by atoms with Crippen molar-refractivity contribution in [3.05, 3.63) is 63.7 Å². The molecule has 0 saturated heterocycles. The Morgan fingerprint density at radius 3 is 2.50 bits per heavy atom. The number of hydrogen-bond donors (Lipinski definition) is 1. The first-order valence-corrected chi connectivity index (χ1v) is 7.03. The molecule has 0 fully saturated rings. The van der Waals surface area contributed by atoms with Gasteiger partial charge < -0.3 is 5.32 Å². The van der Waals surface area contributed by atoms with Gasteiger partial charge in [0.15, 0.2) is 0 Å². The van der Waals surface area contributed by atoms with Crippen LogP contribution in [-0.4, -0.2) is 11.5 Å². The molecule has 0 saturated carbocycles. The second-order valence-electron chi connectivity index (χ2n) is 4.78. The van der Waals surface area contributed by atoms with Crippen molar-refractivity contribution >= 4 is 11.6 Å². The highest BCUT2D eigenvalue weighted by molar-refractivity contribution is 6.30. The number of nitrogens with zero attached hydrogens (tertiary/aromatic N) is 1.